The summed E-state index contributed by atoms with van der Waals surface area (Å²) in [7, 11) is 1.14. The molecule has 0 unspecified atom stereocenters. The zero-order valence-electron chi connectivity index (χ0n) is 10.9. The monoisotopic (exact) mass is 334 g/mol. The molecule has 0 aliphatic rings. The molecule has 0 amide bonds. The van der Waals surface area contributed by atoms with Crippen LogP contribution in [-0.4, -0.2) is 37.7 Å². The first-order valence-electron chi connectivity index (χ1n) is 5.56. The Kier molecular flexibility index (Phi) is 4.93. The summed E-state index contributed by atoms with van der Waals surface area (Å²) < 4.78 is 95.5. The third-order valence-corrected chi connectivity index (χ3v) is 2.53. The zero-order chi connectivity index (χ0) is 17.2. The predicted molar refractivity (Wildman–Crippen MR) is 59.2 cm³/mol. The van der Waals surface area contributed by atoms with Gasteiger partial charge >= 0.3 is 24.0 Å². The van der Waals surface area contributed by atoms with Crippen molar-refractivity contribution in [3.05, 3.63) is 29.8 Å². The van der Waals surface area contributed by atoms with Gasteiger partial charge in [-0.1, -0.05) is 12.1 Å². The topological polar surface area (TPSA) is 35.5 Å². The van der Waals surface area contributed by atoms with Crippen molar-refractivity contribution in [3.8, 4) is 5.75 Å². The van der Waals surface area contributed by atoms with E-state index in [1.165, 1.54) is 18.2 Å². The van der Waals surface area contributed by atoms with Crippen molar-refractivity contribution in [2.75, 3.05) is 13.7 Å². The SMILES string of the molecule is COc1ccccc1C(=O)OCC(F)(F)C(F)(F)C(F)(F)F. The number of benzene rings is 1. The summed E-state index contributed by atoms with van der Waals surface area (Å²) in [6.45, 7) is -2.43. The molecule has 124 valence electrons. The quantitative estimate of drug-likeness (QED) is 0.609. The van der Waals surface area contributed by atoms with Crippen molar-refractivity contribution in [1.82, 2.24) is 0 Å². The van der Waals surface area contributed by atoms with Crippen LogP contribution in [-0.2, 0) is 4.74 Å². The average molecular weight is 334 g/mol. The van der Waals surface area contributed by atoms with Gasteiger partial charge in [-0.3, -0.25) is 0 Å². The Morgan fingerprint density at radius 1 is 1.05 bits per heavy atom. The van der Waals surface area contributed by atoms with Gasteiger partial charge in [-0.15, -0.1) is 0 Å². The predicted octanol–water partition coefficient (Wildman–Crippen LogP) is 3.68. The summed E-state index contributed by atoms with van der Waals surface area (Å²) >= 11 is 0. The molecular weight excluding hydrogens is 325 g/mol. The van der Waals surface area contributed by atoms with Crippen molar-refractivity contribution in [2.45, 2.75) is 18.0 Å². The lowest BCUT2D eigenvalue weighted by Crippen LogP contribution is -2.54. The maximum absolute atomic E-state index is 13.0. The molecule has 0 atom stereocenters. The number of hydrogen-bond acceptors (Lipinski definition) is 3. The van der Waals surface area contributed by atoms with Gasteiger partial charge in [-0.25, -0.2) is 4.79 Å². The highest BCUT2D eigenvalue weighted by molar-refractivity contribution is 5.92. The Balaban J connectivity index is 2.87. The van der Waals surface area contributed by atoms with Crippen LogP contribution in [0.15, 0.2) is 24.3 Å². The summed E-state index contributed by atoms with van der Waals surface area (Å²) in [5.74, 6) is -13.6. The van der Waals surface area contributed by atoms with Crippen LogP contribution in [0.5, 0.6) is 5.75 Å². The van der Waals surface area contributed by atoms with E-state index >= 15 is 0 Å². The van der Waals surface area contributed by atoms with Crippen LogP contribution in [0.4, 0.5) is 30.7 Å². The molecule has 0 aromatic heterocycles. The van der Waals surface area contributed by atoms with Crippen LogP contribution in [0.3, 0.4) is 0 Å². The molecule has 0 aliphatic carbocycles. The molecule has 0 radical (unpaired) electrons. The van der Waals surface area contributed by atoms with E-state index in [9.17, 15) is 35.5 Å². The van der Waals surface area contributed by atoms with Gasteiger partial charge in [-0.2, -0.15) is 30.7 Å². The van der Waals surface area contributed by atoms with Gasteiger partial charge in [0.25, 0.3) is 0 Å². The van der Waals surface area contributed by atoms with Gasteiger partial charge in [0.15, 0.2) is 6.61 Å². The number of para-hydroxylation sites is 1. The molecule has 0 saturated heterocycles. The Morgan fingerprint density at radius 3 is 2.09 bits per heavy atom. The van der Waals surface area contributed by atoms with Crippen LogP contribution in [0, 0.1) is 0 Å². The van der Waals surface area contributed by atoms with Gasteiger partial charge in [-0.05, 0) is 12.1 Å². The number of carbonyl (C=O) groups is 1. The van der Waals surface area contributed by atoms with Crippen LogP contribution >= 0.6 is 0 Å². The van der Waals surface area contributed by atoms with Gasteiger partial charge in [0.1, 0.15) is 11.3 Å². The largest absolute Gasteiger partial charge is 0.496 e. The Labute approximate surface area is 119 Å². The van der Waals surface area contributed by atoms with Gasteiger partial charge in [0, 0.05) is 0 Å². The molecular formula is C12H9F7O3. The minimum atomic E-state index is -6.48. The number of ether oxygens (including phenoxy) is 2. The summed E-state index contributed by atoms with van der Waals surface area (Å²) in [5.41, 5.74) is -0.392. The molecule has 1 aromatic carbocycles. The summed E-state index contributed by atoms with van der Waals surface area (Å²) in [4.78, 5) is 11.5. The van der Waals surface area contributed by atoms with Gasteiger partial charge in [0.05, 0.1) is 7.11 Å². The Hall–Kier alpha value is -2.00. The first kappa shape index (κ1) is 18.1. The van der Waals surface area contributed by atoms with Crippen LogP contribution in [0.25, 0.3) is 0 Å². The van der Waals surface area contributed by atoms with E-state index in [-0.39, 0.29) is 5.75 Å². The third-order valence-electron chi connectivity index (χ3n) is 2.53. The number of halogens is 7. The second kappa shape index (κ2) is 6.01. The first-order chi connectivity index (χ1) is 9.94. The lowest BCUT2D eigenvalue weighted by molar-refractivity contribution is -0.359. The lowest BCUT2D eigenvalue weighted by Gasteiger charge is -2.27. The van der Waals surface area contributed by atoms with E-state index < -0.39 is 36.2 Å². The molecule has 0 aliphatic heterocycles. The number of hydrogen-bond donors (Lipinski definition) is 0. The molecule has 0 saturated carbocycles. The standard InChI is InChI=1S/C12H9F7O3/c1-21-8-5-3-2-4-7(8)9(20)22-6-10(13,14)11(15,16)12(17,18)19/h2-5H,6H2,1H3. The maximum atomic E-state index is 13.0. The zero-order valence-corrected chi connectivity index (χ0v) is 10.9. The maximum Gasteiger partial charge on any atom is 0.460 e. The molecule has 0 heterocycles. The Bertz CT molecular complexity index is 540. The van der Waals surface area contributed by atoms with Crippen molar-refractivity contribution in [3.63, 3.8) is 0 Å². The second-order valence-electron chi connectivity index (χ2n) is 4.05. The average Bonchev–Trinajstić information content (AvgIpc) is 2.43. The molecule has 1 rings (SSSR count). The minimum Gasteiger partial charge on any atom is -0.496 e. The molecule has 22 heavy (non-hydrogen) atoms. The van der Waals surface area contributed by atoms with E-state index in [0.717, 1.165) is 13.2 Å². The van der Waals surface area contributed by atoms with Gasteiger partial charge in [0.2, 0.25) is 0 Å². The van der Waals surface area contributed by atoms with Crippen molar-refractivity contribution >= 4 is 5.97 Å². The second-order valence-corrected chi connectivity index (χ2v) is 4.05. The number of methoxy groups -OCH3 is 1. The van der Waals surface area contributed by atoms with Gasteiger partial charge < -0.3 is 9.47 Å². The molecule has 0 fully saturated rings. The summed E-state index contributed by atoms with van der Waals surface area (Å²) in [5, 5.41) is 0. The molecule has 1 aromatic rings. The first-order valence-corrected chi connectivity index (χ1v) is 5.56. The van der Waals surface area contributed by atoms with E-state index in [4.69, 9.17) is 4.74 Å². The number of esters is 1. The van der Waals surface area contributed by atoms with Crippen LogP contribution in [0.2, 0.25) is 0 Å². The third kappa shape index (κ3) is 3.42. The fourth-order valence-corrected chi connectivity index (χ4v) is 1.35. The van der Waals surface area contributed by atoms with Crippen LogP contribution in [0.1, 0.15) is 10.4 Å². The highest BCUT2D eigenvalue weighted by atomic mass is 19.4. The van der Waals surface area contributed by atoms with Crippen molar-refractivity contribution < 1.29 is 45.0 Å². The lowest BCUT2D eigenvalue weighted by atomic mass is 10.1. The smallest absolute Gasteiger partial charge is 0.460 e. The summed E-state index contributed by atoms with van der Waals surface area (Å²) in [6, 6.07) is 5.03. The summed E-state index contributed by atoms with van der Waals surface area (Å²) in [6.07, 6.45) is -6.48. The van der Waals surface area contributed by atoms with E-state index in [0.29, 0.717) is 0 Å². The normalized spacial score (nSPS) is 12.9. The number of rotatable bonds is 5. The highest BCUT2D eigenvalue weighted by Crippen LogP contribution is 2.46. The van der Waals surface area contributed by atoms with Crippen LogP contribution < -0.4 is 4.74 Å². The molecule has 10 heteroatoms. The van der Waals surface area contributed by atoms with Crippen molar-refractivity contribution in [2.24, 2.45) is 0 Å². The molecule has 3 nitrogen and oxygen atoms in total. The number of carbonyl (C=O) groups excluding carboxylic acids is 1. The van der Waals surface area contributed by atoms with E-state index in [1.54, 1.807) is 0 Å². The van der Waals surface area contributed by atoms with E-state index in [2.05, 4.69) is 4.74 Å². The molecule has 0 spiro atoms. The highest BCUT2D eigenvalue weighted by Gasteiger charge is 2.73. The van der Waals surface area contributed by atoms with Crippen molar-refractivity contribution in [1.29, 1.82) is 0 Å². The fraction of sp³-hybridized carbons (Fsp3) is 0.417. The molecule has 0 bridgehead atoms. The van der Waals surface area contributed by atoms with E-state index in [1.807, 2.05) is 0 Å². The fourth-order valence-electron chi connectivity index (χ4n) is 1.35. The molecule has 0 N–H and O–H groups in total. The number of alkyl halides is 7. The Morgan fingerprint density at radius 2 is 1.59 bits per heavy atom. The minimum absolute atomic E-state index is 0.113.